The van der Waals surface area contributed by atoms with Gasteiger partial charge in [0, 0.05) is 22.9 Å². The molecule has 1 amide bonds. The van der Waals surface area contributed by atoms with Gasteiger partial charge in [0.2, 0.25) is 0 Å². The lowest BCUT2D eigenvalue weighted by molar-refractivity contribution is 0.0391. The topological polar surface area (TPSA) is 63.7 Å². The number of benzene rings is 2. The predicted octanol–water partition coefficient (Wildman–Crippen LogP) is 2.13. The molecule has 2 aromatic rings. The van der Waals surface area contributed by atoms with Gasteiger partial charge in [-0.25, -0.2) is 9.59 Å². The first-order chi connectivity index (χ1) is 9.63. The van der Waals surface area contributed by atoms with E-state index in [0.717, 1.165) is 5.69 Å². The lowest BCUT2D eigenvalue weighted by atomic mass is 9.94. The summed E-state index contributed by atoms with van der Waals surface area (Å²) in [6.45, 7) is 2.42. The van der Waals surface area contributed by atoms with E-state index in [1.807, 2.05) is 6.92 Å². The first kappa shape index (κ1) is 11.2. The summed E-state index contributed by atoms with van der Waals surface area (Å²) >= 11 is 0. The Morgan fingerprint density at radius 3 is 2.15 bits per heavy atom. The Hall–Kier alpha value is -2.69. The Morgan fingerprint density at radius 2 is 1.50 bits per heavy atom. The number of nitrogens with zero attached hydrogens (tertiary/aromatic N) is 1. The van der Waals surface area contributed by atoms with E-state index >= 15 is 0 Å². The van der Waals surface area contributed by atoms with Crippen LogP contribution in [0.4, 0.5) is 5.69 Å². The number of hydrogen-bond acceptors (Lipinski definition) is 4. The highest BCUT2D eigenvalue weighted by molar-refractivity contribution is 6.31. The van der Waals surface area contributed by atoms with Crippen LogP contribution in [0.1, 0.15) is 38.0 Å². The number of carbonyl (C=O) groups excluding carboxylic acids is 3. The Kier molecular flexibility index (Phi) is 1.92. The van der Waals surface area contributed by atoms with Crippen LogP contribution in [0, 0.1) is 0 Å². The molecule has 0 saturated heterocycles. The van der Waals surface area contributed by atoms with Crippen LogP contribution in [0.3, 0.4) is 0 Å². The van der Waals surface area contributed by atoms with E-state index in [1.54, 1.807) is 29.2 Å². The molecular formula is C15H9NO4. The summed E-state index contributed by atoms with van der Waals surface area (Å²) < 4.78 is 4.71. The molecule has 0 spiro atoms. The molecule has 0 bridgehead atoms. The van der Waals surface area contributed by atoms with Crippen molar-refractivity contribution in [3.8, 4) is 0 Å². The number of cyclic esters (lactones) is 2. The fraction of sp³-hybridized carbons (Fsp3) is 0.133. The molecule has 2 aromatic carbocycles. The van der Waals surface area contributed by atoms with Gasteiger partial charge in [-0.15, -0.1) is 0 Å². The quantitative estimate of drug-likeness (QED) is 0.586. The van der Waals surface area contributed by atoms with Gasteiger partial charge >= 0.3 is 11.9 Å². The molecule has 5 nitrogen and oxygen atoms in total. The highest BCUT2D eigenvalue weighted by Crippen LogP contribution is 2.42. The Balaban J connectivity index is 2.22. The third-order valence-corrected chi connectivity index (χ3v) is 3.85. The molecule has 0 fully saturated rings. The second-order valence-corrected chi connectivity index (χ2v) is 4.77. The van der Waals surface area contributed by atoms with Gasteiger partial charge in [-0.2, -0.15) is 0 Å². The van der Waals surface area contributed by atoms with Crippen LogP contribution >= 0.6 is 0 Å². The highest BCUT2D eigenvalue weighted by atomic mass is 16.6. The molecule has 0 radical (unpaired) electrons. The van der Waals surface area contributed by atoms with Gasteiger partial charge < -0.3 is 9.64 Å². The Morgan fingerprint density at radius 1 is 0.900 bits per heavy atom. The summed E-state index contributed by atoms with van der Waals surface area (Å²) in [5, 5.41) is 1.21. The van der Waals surface area contributed by atoms with Crippen molar-refractivity contribution in [1.82, 2.24) is 0 Å². The van der Waals surface area contributed by atoms with E-state index in [4.69, 9.17) is 4.74 Å². The van der Waals surface area contributed by atoms with Crippen LogP contribution < -0.4 is 4.90 Å². The summed E-state index contributed by atoms with van der Waals surface area (Å²) in [5.41, 5.74) is 1.96. The minimum Gasteiger partial charge on any atom is -0.386 e. The zero-order valence-electron chi connectivity index (χ0n) is 10.6. The van der Waals surface area contributed by atoms with Crippen LogP contribution in [-0.2, 0) is 4.74 Å². The van der Waals surface area contributed by atoms with E-state index in [1.165, 1.54) is 0 Å². The van der Waals surface area contributed by atoms with Crippen molar-refractivity contribution >= 4 is 34.3 Å². The molecule has 0 saturated carbocycles. The number of hydrogen-bond donors (Lipinski definition) is 0. The van der Waals surface area contributed by atoms with Crippen LogP contribution in [0.2, 0.25) is 0 Å². The van der Waals surface area contributed by atoms with Crippen molar-refractivity contribution < 1.29 is 19.1 Å². The van der Waals surface area contributed by atoms with E-state index < -0.39 is 11.9 Å². The molecule has 0 N–H and O–H groups in total. The number of ether oxygens (including phenoxy) is 1. The maximum absolute atomic E-state index is 12.3. The molecular weight excluding hydrogens is 258 g/mol. The predicted molar refractivity (Wildman–Crippen MR) is 71.0 cm³/mol. The number of carbonyl (C=O) groups is 3. The van der Waals surface area contributed by atoms with Crippen molar-refractivity contribution in [3.05, 3.63) is 41.0 Å². The monoisotopic (exact) mass is 267 g/mol. The molecule has 0 aliphatic carbocycles. The van der Waals surface area contributed by atoms with Gasteiger partial charge in [0.1, 0.15) is 0 Å². The first-order valence-electron chi connectivity index (χ1n) is 6.31. The molecule has 20 heavy (non-hydrogen) atoms. The third kappa shape index (κ3) is 1.10. The van der Waals surface area contributed by atoms with Gasteiger partial charge in [-0.3, -0.25) is 4.79 Å². The number of rotatable bonds is 1. The molecule has 98 valence electrons. The number of anilines is 1. The van der Waals surface area contributed by atoms with Crippen molar-refractivity contribution in [3.63, 3.8) is 0 Å². The fourth-order valence-corrected chi connectivity index (χ4v) is 2.98. The van der Waals surface area contributed by atoms with Gasteiger partial charge in [0.25, 0.3) is 5.91 Å². The standard InChI is InChI=1S/C15H9NO4/c1-2-16-10-6-5-9-11-8(14(18)20-15(9)19)4-3-7(12(10)11)13(16)17/h3-6H,2H2,1H3. The van der Waals surface area contributed by atoms with E-state index in [9.17, 15) is 14.4 Å². The third-order valence-electron chi connectivity index (χ3n) is 3.85. The van der Waals surface area contributed by atoms with Crippen molar-refractivity contribution in [1.29, 1.82) is 0 Å². The Bertz CT molecular complexity index is 817. The number of esters is 2. The fourth-order valence-electron chi connectivity index (χ4n) is 2.98. The van der Waals surface area contributed by atoms with E-state index in [-0.39, 0.29) is 5.91 Å². The van der Waals surface area contributed by atoms with Crippen LogP contribution in [0.15, 0.2) is 24.3 Å². The van der Waals surface area contributed by atoms with Crippen LogP contribution in [-0.4, -0.2) is 24.4 Å². The summed E-state index contributed by atoms with van der Waals surface area (Å²) in [5.74, 6) is -1.42. The summed E-state index contributed by atoms with van der Waals surface area (Å²) in [4.78, 5) is 37.6. The molecule has 0 aromatic heterocycles. The zero-order chi connectivity index (χ0) is 14.0. The largest absolute Gasteiger partial charge is 0.386 e. The molecule has 5 heteroatoms. The lowest BCUT2D eigenvalue weighted by Crippen LogP contribution is -2.25. The first-order valence-corrected chi connectivity index (χ1v) is 6.31. The smallest absolute Gasteiger partial charge is 0.346 e. The molecule has 4 rings (SSSR count). The van der Waals surface area contributed by atoms with Gasteiger partial charge in [0.05, 0.1) is 16.8 Å². The van der Waals surface area contributed by atoms with Gasteiger partial charge in [-0.1, -0.05) is 0 Å². The summed E-state index contributed by atoms with van der Waals surface area (Å²) in [6, 6.07) is 6.52. The van der Waals surface area contributed by atoms with Crippen molar-refractivity contribution in [2.24, 2.45) is 0 Å². The Labute approximate surface area is 113 Å². The molecule has 2 aliphatic rings. The summed E-state index contributed by atoms with van der Waals surface area (Å²) in [7, 11) is 0. The summed E-state index contributed by atoms with van der Waals surface area (Å²) in [6.07, 6.45) is 0. The average Bonchev–Trinajstić information content (AvgIpc) is 2.72. The van der Waals surface area contributed by atoms with Gasteiger partial charge in [-0.05, 0) is 31.2 Å². The second-order valence-electron chi connectivity index (χ2n) is 4.77. The lowest BCUT2D eigenvalue weighted by Gasteiger charge is -2.17. The average molecular weight is 267 g/mol. The number of amides is 1. The molecule has 2 heterocycles. The van der Waals surface area contributed by atoms with Crippen molar-refractivity contribution in [2.45, 2.75) is 6.92 Å². The zero-order valence-corrected chi connectivity index (χ0v) is 10.6. The SMILES string of the molecule is CCN1C(=O)c2ccc3c4c(ccc1c24)C(=O)OC3=O. The van der Waals surface area contributed by atoms with E-state index in [2.05, 4.69) is 0 Å². The molecule has 2 aliphatic heterocycles. The minimum absolute atomic E-state index is 0.0995. The van der Waals surface area contributed by atoms with Crippen LogP contribution in [0.5, 0.6) is 0 Å². The molecule has 0 unspecified atom stereocenters. The molecule has 0 atom stereocenters. The second kappa shape index (κ2) is 3.45. The maximum Gasteiger partial charge on any atom is 0.346 e. The normalized spacial score (nSPS) is 16.1. The van der Waals surface area contributed by atoms with Crippen molar-refractivity contribution in [2.75, 3.05) is 11.4 Å². The maximum atomic E-state index is 12.3. The van der Waals surface area contributed by atoms with E-state index in [0.29, 0.717) is 34.0 Å². The minimum atomic E-state index is -0.659. The van der Waals surface area contributed by atoms with Crippen LogP contribution in [0.25, 0.3) is 10.8 Å². The highest BCUT2D eigenvalue weighted by Gasteiger charge is 2.35. The van der Waals surface area contributed by atoms with Gasteiger partial charge in [0.15, 0.2) is 0 Å².